The topological polar surface area (TPSA) is 69.4 Å². The summed E-state index contributed by atoms with van der Waals surface area (Å²) >= 11 is 5.88. The third-order valence-electron chi connectivity index (χ3n) is 4.24. The summed E-state index contributed by atoms with van der Waals surface area (Å²) in [6.45, 7) is 5.03. The van der Waals surface area contributed by atoms with Gasteiger partial charge in [-0.25, -0.2) is 9.50 Å². The molecule has 0 aliphatic carbocycles. The van der Waals surface area contributed by atoms with E-state index in [2.05, 4.69) is 15.1 Å². The van der Waals surface area contributed by atoms with Gasteiger partial charge in [0, 0.05) is 16.4 Å². The number of hydrogen-bond acceptors (Lipinski definition) is 5. The molecule has 148 valence electrons. The first-order valence-electron chi connectivity index (χ1n) is 8.33. The van der Waals surface area contributed by atoms with Crippen LogP contribution in [-0.4, -0.2) is 25.6 Å². The van der Waals surface area contributed by atoms with Crippen LogP contribution >= 0.6 is 11.6 Å². The van der Waals surface area contributed by atoms with Crippen molar-refractivity contribution in [2.75, 3.05) is 0 Å². The van der Waals surface area contributed by atoms with Gasteiger partial charge >= 0.3 is 12.1 Å². The number of fused-ring (bicyclic) bond motifs is 1. The highest BCUT2D eigenvalue weighted by Gasteiger charge is 2.37. The third kappa shape index (κ3) is 4.09. The minimum atomic E-state index is -4.66. The summed E-state index contributed by atoms with van der Waals surface area (Å²) in [4.78, 5) is 19.7. The van der Waals surface area contributed by atoms with Crippen molar-refractivity contribution < 1.29 is 22.7 Å². The Balaban J connectivity index is 1.79. The minimum Gasteiger partial charge on any atom is -0.426 e. The van der Waals surface area contributed by atoms with E-state index in [-0.39, 0.29) is 18.6 Å². The molecule has 0 aliphatic heterocycles. The fourth-order valence-corrected chi connectivity index (χ4v) is 3.04. The van der Waals surface area contributed by atoms with Gasteiger partial charge in [0.05, 0.1) is 6.42 Å². The van der Waals surface area contributed by atoms with Crippen LogP contribution in [0, 0.1) is 20.8 Å². The monoisotopic (exact) mass is 412 g/mol. The lowest BCUT2D eigenvalue weighted by molar-refractivity contribution is -0.144. The van der Waals surface area contributed by atoms with Gasteiger partial charge in [0.15, 0.2) is 0 Å². The number of aromatic nitrogens is 4. The normalized spacial score (nSPS) is 11.8. The van der Waals surface area contributed by atoms with E-state index >= 15 is 0 Å². The molecule has 10 heteroatoms. The van der Waals surface area contributed by atoms with Gasteiger partial charge < -0.3 is 4.74 Å². The maximum Gasteiger partial charge on any atom is 0.453 e. The molecular formula is C18H16ClF3N4O2. The highest BCUT2D eigenvalue weighted by molar-refractivity contribution is 6.30. The highest BCUT2D eigenvalue weighted by Crippen LogP contribution is 2.27. The zero-order chi connectivity index (χ0) is 20.6. The number of benzene rings is 1. The Morgan fingerprint density at radius 2 is 1.93 bits per heavy atom. The number of nitrogens with zero attached hydrogens (tertiary/aromatic N) is 4. The van der Waals surface area contributed by atoms with E-state index in [4.69, 9.17) is 16.3 Å². The summed E-state index contributed by atoms with van der Waals surface area (Å²) in [7, 11) is 0. The Kier molecular flexibility index (Phi) is 5.29. The van der Waals surface area contributed by atoms with Crippen LogP contribution in [0.2, 0.25) is 5.02 Å². The van der Waals surface area contributed by atoms with Gasteiger partial charge in [-0.05, 0) is 56.5 Å². The molecule has 0 fully saturated rings. The summed E-state index contributed by atoms with van der Waals surface area (Å²) in [5.41, 5.74) is 2.28. The minimum absolute atomic E-state index is 0.0256. The zero-order valence-electron chi connectivity index (χ0n) is 15.3. The van der Waals surface area contributed by atoms with Gasteiger partial charge in [-0.15, -0.1) is 5.10 Å². The Morgan fingerprint density at radius 3 is 2.57 bits per heavy atom. The van der Waals surface area contributed by atoms with Crippen molar-refractivity contribution in [1.82, 2.24) is 19.6 Å². The number of ether oxygens (including phenoxy) is 1. The van der Waals surface area contributed by atoms with Crippen molar-refractivity contribution in [3.63, 3.8) is 0 Å². The Labute approximate surface area is 163 Å². The molecule has 0 aliphatic rings. The van der Waals surface area contributed by atoms with Crippen molar-refractivity contribution in [2.45, 2.75) is 39.8 Å². The first-order chi connectivity index (χ1) is 13.1. The van der Waals surface area contributed by atoms with Crippen LogP contribution in [0.4, 0.5) is 13.2 Å². The molecule has 6 nitrogen and oxygen atoms in total. The Bertz CT molecular complexity index is 1060. The quantitative estimate of drug-likeness (QED) is 0.473. The molecule has 0 amide bonds. The van der Waals surface area contributed by atoms with Crippen molar-refractivity contribution in [1.29, 1.82) is 0 Å². The lowest BCUT2D eigenvalue weighted by Crippen LogP contribution is -2.13. The zero-order valence-corrected chi connectivity index (χ0v) is 16.0. The number of halogens is 4. The first-order valence-corrected chi connectivity index (χ1v) is 8.71. The molecular weight excluding hydrogens is 397 g/mol. The average molecular weight is 413 g/mol. The van der Waals surface area contributed by atoms with Crippen LogP contribution in [0.3, 0.4) is 0 Å². The van der Waals surface area contributed by atoms with E-state index in [1.807, 2.05) is 0 Å². The number of rotatable bonds is 4. The number of aryl methyl sites for hydroxylation is 3. The molecule has 0 bridgehead atoms. The van der Waals surface area contributed by atoms with E-state index in [1.165, 1.54) is 0 Å². The maximum absolute atomic E-state index is 12.8. The summed E-state index contributed by atoms with van der Waals surface area (Å²) in [5.74, 6) is -1.45. The average Bonchev–Trinajstić information content (AvgIpc) is 3.01. The van der Waals surface area contributed by atoms with Gasteiger partial charge in [-0.1, -0.05) is 11.6 Å². The molecule has 2 aromatic heterocycles. The lowest BCUT2D eigenvalue weighted by atomic mass is 10.1. The third-order valence-corrected chi connectivity index (χ3v) is 4.48. The molecule has 2 heterocycles. The molecule has 0 N–H and O–H groups in total. The maximum atomic E-state index is 12.8. The predicted octanol–water partition coefficient (Wildman–Crippen LogP) is 4.26. The van der Waals surface area contributed by atoms with Gasteiger partial charge in [0.25, 0.3) is 11.6 Å². The molecule has 0 radical (unpaired) electrons. The number of alkyl halides is 3. The lowest BCUT2D eigenvalue weighted by Gasteiger charge is -2.11. The van der Waals surface area contributed by atoms with Crippen LogP contribution in [0.1, 0.15) is 34.8 Å². The number of carbonyl (C=O) groups excluding carboxylic acids is 1. The van der Waals surface area contributed by atoms with Crippen LogP contribution < -0.4 is 4.74 Å². The second-order valence-corrected chi connectivity index (χ2v) is 6.73. The number of carbonyl (C=O) groups is 1. The second-order valence-electron chi connectivity index (χ2n) is 6.29. The Hall–Kier alpha value is -2.68. The van der Waals surface area contributed by atoms with Crippen LogP contribution in [0.25, 0.3) is 5.78 Å². The Morgan fingerprint density at radius 1 is 1.21 bits per heavy atom. The van der Waals surface area contributed by atoms with Gasteiger partial charge in [-0.2, -0.15) is 18.2 Å². The summed E-state index contributed by atoms with van der Waals surface area (Å²) in [6, 6.07) is 4.90. The van der Waals surface area contributed by atoms with Crippen molar-refractivity contribution in [3.05, 3.63) is 51.6 Å². The molecule has 0 saturated heterocycles. The predicted molar refractivity (Wildman–Crippen MR) is 95.4 cm³/mol. The molecule has 28 heavy (non-hydrogen) atoms. The molecule has 1 aromatic carbocycles. The van der Waals surface area contributed by atoms with Gasteiger partial charge in [0.1, 0.15) is 5.75 Å². The fraction of sp³-hybridized carbons (Fsp3) is 0.333. The van der Waals surface area contributed by atoms with Crippen LogP contribution in [0.5, 0.6) is 5.75 Å². The van der Waals surface area contributed by atoms with E-state index in [0.717, 1.165) is 10.1 Å². The standard InChI is InChI=1S/C18H16ClF3N4O2/c1-9-8-12(19)4-6-14(9)28-15(27)7-5-13-10(2)23-17-24-16(18(20,21)22)25-26(17)11(13)3/h4,6,8H,5,7H2,1-3H3. The fourth-order valence-electron chi connectivity index (χ4n) is 2.82. The van der Waals surface area contributed by atoms with Crippen LogP contribution in [-0.2, 0) is 17.4 Å². The largest absolute Gasteiger partial charge is 0.453 e. The molecule has 0 spiro atoms. The number of hydrogen-bond donors (Lipinski definition) is 0. The molecule has 3 rings (SSSR count). The smallest absolute Gasteiger partial charge is 0.426 e. The first kappa shape index (κ1) is 20.1. The molecule has 0 atom stereocenters. The second kappa shape index (κ2) is 7.38. The van der Waals surface area contributed by atoms with Crippen molar-refractivity contribution in [3.8, 4) is 5.75 Å². The van der Waals surface area contributed by atoms with Gasteiger partial charge in [-0.3, -0.25) is 4.79 Å². The summed E-state index contributed by atoms with van der Waals surface area (Å²) in [6.07, 6.45) is -4.39. The summed E-state index contributed by atoms with van der Waals surface area (Å²) < 4.78 is 44.9. The van der Waals surface area contributed by atoms with Crippen LogP contribution in [0.15, 0.2) is 18.2 Å². The van der Waals surface area contributed by atoms with Gasteiger partial charge in [0.2, 0.25) is 0 Å². The van der Waals surface area contributed by atoms with E-state index in [9.17, 15) is 18.0 Å². The summed E-state index contributed by atoms with van der Waals surface area (Å²) in [5, 5.41) is 4.03. The molecule has 3 aromatic rings. The molecule has 0 saturated carbocycles. The van der Waals surface area contributed by atoms with E-state index < -0.39 is 18.0 Å². The van der Waals surface area contributed by atoms with Crippen molar-refractivity contribution in [2.24, 2.45) is 0 Å². The molecule has 0 unspecified atom stereocenters. The van der Waals surface area contributed by atoms with E-state index in [0.29, 0.717) is 27.7 Å². The SMILES string of the molecule is Cc1cc(Cl)ccc1OC(=O)CCc1c(C)nc2nc(C(F)(F)F)nn2c1C. The van der Waals surface area contributed by atoms with E-state index in [1.54, 1.807) is 39.0 Å². The highest BCUT2D eigenvalue weighted by atomic mass is 35.5. The van der Waals surface area contributed by atoms with Crippen molar-refractivity contribution >= 4 is 23.3 Å². The number of esters is 1.